The molecule has 0 aromatic heterocycles. The highest BCUT2D eigenvalue weighted by molar-refractivity contribution is 8.18. The van der Waals surface area contributed by atoms with Gasteiger partial charge in [0.25, 0.3) is 16.8 Å². The van der Waals surface area contributed by atoms with E-state index in [1.807, 2.05) is 6.07 Å². The van der Waals surface area contributed by atoms with Gasteiger partial charge >= 0.3 is 0 Å². The van der Waals surface area contributed by atoms with Crippen LogP contribution in [-0.4, -0.2) is 21.0 Å². The number of rotatable bonds is 4. The minimum absolute atomic E-state index is 0.0553. The van der Waals surface area contributed by atoms with Crippen molar-refractivity contribution >= 4 is 57.9 Å². The van der Waals surface area contributed by atoms with Gasteiger partial charge in [-0.1, -0.05) is 41.4 Å². The maximum atomic E-state index is 12.7. The quantitative estimate of drug-likeness (QED) is 0.381. The lowest BCUT2D eigenvalue weighted by Gasteiger charge is -2.13. The third kappa shape index (κ3) is 3.87. The van der Waals surface area contributed by atoms with E-state index in [4.69, 9.17) is 28.5 Å². The molecule has 1 heterocycles. The molecule has 140 valence electrons. The van der Waals surface area contributed by atoms with Crippen LogP contribution in [0.25, 0.3) is 6.08 Å². The third-order valence-electron chi connectivity index (χ3n) is 3.89. The van der Waals surface area contributed by atoms with Crippen molar-refractivity contribution in [3.05, 3.63) is 78.2 Å². The van der Waals surface area contributed by atoms with Gasteiger partial charge in [-0.05, 0) is 35.5 Å². The summed E-state index contributed by atoms with van der Waals surface area (Å²) in [5.41, 5.74) is 0.732. The number of hydrogen-bond acceptors (Lipinski definition) is 6. The minimum atomic E-state index is -0.666. The standard InChI is InChI=1S/C18H9Cl2N3O4S/c19-13-7-14(20)15(23(26)27)5-12(13)6-16-17(24)22(18(25)28-16)9-11-4-2-1-3-10(11)8-21/h1-7H,9H2/b16-6-. The summed E-state index contributed by atoms with van der Waals surface area (Å²) in [7, 11) is 0. The number of carbonyl (C=O) groups excluding carboxylic acids is 2. The first-order chi connectivity index (χ1) is 13.3. The summed E-state index contributed by atoms with van der Waals surface area (Å²) >= 11 is 12.6. The average Bonchev–Trinajstić information content (AvgIpc) is 2.91. The number of hydrogen-bond donors (Lipinski definition) is 0. The molecule has 10 heteroatoms. The van der Waals surface area contributed by atoms with E-state index in [0.29, 0.717) is 22.9 Å². The zero-order chi connectivity index (χ0) is 20.4. The van der Waals surface area contributed by atoms with Gasteiger partial charge in [0.2, 0.25) is 0 Å². The second kappa shape index (κ2) is 8.02. The number of nitrogens with zero attached hydrogens (tertiary/aromatic N) is 3. The van der Waals surface area contributed by atoms with Crippen molar-refractivity contribution < 1.29 is 14.5 Å². The number of amides is 2. The van der Waals surface area contributed by atoms with Gasteiger partial charge in [0.05, 0.1) is 28.0 Å². The lowest BCUT2D eigenvalue weighted by Crippen LogP contribution is -2.27. The Bertz CT molecular complexity index is 1090. The number of thioether (sulfide) groups is 1. The van der Waals surface area contributed by atoms with Crippen LogP contribution in [0, 0.1) is 21.4 Å². The van der Waals surface area contributed by atoms with Crippen LogP contribution in [0.5, 0.6) is 0 Å². The maximum absolute atomic E-state index is 12.7. The highest BCUT2D eigenvalue weighted by atomic mass is 35.5. The number of imide groups is 1. The van der Waals surface area contributed by atoms with Gasteiger partial charge in [0.1, 0.15) is 5.02 Å². The van der Waals surface area contributed by atoms with E-state index in [9.17, 15) is 19.7 Å². The Morgan fingerprint density at radius 2 is 1.93 bits per heavy atom. The molecule has 7 nitrogen and oxygen atoms in total. The fourth-order valence-electron chi connectivity index (χ4n) is 2.52. The molecule has 1 saturated heterocycles. The van der Waals surface area contributed by atoms with E-state index in [2.05, 4.69) is 0 Å². The first-order valence-electron chi connectivity index (χ1n) is 7.68. The Hall–Kier alpha value is -2.86. The van der Waals surface area contributed by atoms with Crippen LogP contribution >= 0.6 is 35.0 Å². The molecule has 0 spiro atoms. The highest BCUT2D eigenvalue weighted by Gasteiger charge is 2.35. The Kier molecular flexibility index (Phi) is 5.70. The summed E-state index contributed by atoms with van der Waals surface area (Å²) < 4.78 is 0. The summed E-state index contributed by atoms with van der Waals surface area (Å²) in [6, 6.07) is 11.0. The van der Waals surface area contributed by atoms with Crippen LogP contribution in [-0.2, 0) is 11.3 Å². The molecule has 2 aromatic rings. The average molecular weight is 434 g/mol. The third-order valence-corrected chi connectivity index (χ3v) is 5.43. The molecule has 0 bridgehead atoms. The molecule has 1 aliphatic rings. The summed E-state index contributed by atoms with van der Waals surface area (Å²) in [5.74, 6) is -0.573. The molecular formula is C18H9Cl2N3O4S. The number of carbonyl (C=O) groups is 2. The van der Waals surface area contributed by atoms with Crippen LogP contribution in [0.3, 0.4) is 0 Å². The zero-order valence-corrected chi connectivity index (χ0v) is 16.2. The normalized spacial score (nSPS) is 15.2. The van der Waals surface area contributed by atoms with Crippen LogP contribution in [0.1, 0.15) is 16.7 Å². The molecule has 0 aliphatic carbocycles. The Balaban J connectivity index is 1.93. The molecule has 3 rings (SSSR count). The smallest absolute Gasteiger partial charge is 0.268 e. The van der Waals surface area contributed by atoms with Gasteiger partial charge < -0.3 is 0 Å². The molecule has 28 heavy (non-hydrogen) atoms. The van der Waals surface area contributed by atoms with Crippen molar-refractivity contribution in [2.24, 2.45) is 0 Å². The van der Waals surface area contributed by atoms with Crippen molar-refractivity contribution in [1.29, 1.82) is 5.26 Å². The first kappa shape index (κ1) is 19.9. The molecule has 2 amide bonds. The van der Waals surface area contributed by atoms with Crippen molar-refractivity contribution in [2.45, 2.75) is 6.54 Å². The van der Waals surface area contributed by atoms with Crippen molar-refractivity contribution in [2.75, 3.05) is 0 Å². The summed E-state index contributed by atoms with van der Waals surface area (Å²) in [6.07, 6.45) is 1.31. The predicted molar refractivity (Wildman–Crippen MR) is 106 cm³/mol. The zero-order valence-electron chi connectivity index (χ0n) is 13.9. The molecule has 0 N–H and O–H groups in total. The van der Waals surface area contributed by atoms with Crippen LogP contribution in [0.4, 0.5) is 10.5 Å². The topological polar surface area (TPSA) is 104 Å². The summed E-state index contributed by atoms with van der Waals surface area (Å²) in [5, 5.41) is 19.7. The Morgan fingerprint density at radius 1 is 1.21 bits per heavy atom. The van der Waals surface area contributed by atoms with Crippen molar-refractivity contribution in [3.8, 4) is 6.07 Å². The van der Waals surface area contributed by atoms with Gasteiger partial charge in [-0.15, -0.1) is 0 Å². The van der Waals surface area contributed by atoms with Crippen LogP contribution in [0.2, 0.25) is 10.0 Å². The second-order valence-electron chi connectivity index (χ2n) is 5.62. The van der Waals surface area contributed by atoms with E-state index in [0.717, 1.165) is 11.0 Å². The molecule has 0 saturated carbocycles. The van der Waals surface area contributed by atoms with E-state index in [-0.39, 0.29) is 32.7 Å². The minimum Gasteiger partial charge on any atom is -0.268 e. The summed E-state index contributed by atoms with van der Waals surface area (Å²) in [4.78, 5) is 36.4. The van der Waals surface area contributed by atoms with Crippen LogP contribution < -0.4 is 0 Å². The molecule has 1 fully saturated rings. The molecule has 0 unspecified atom stereocenters. The van der Waals surface area contributed by atoms with E-state index < -0.39 is 16.1 Å². The Labute approximate surface area is 173 Å². The fourth-order valence-corrected chi connectivity index (χ4v) is 3.86. The molecule has 0 atom stereocenters. The molecule has 0 radical (unpaired) electrons. The molecule has 1 aliphatic heterocycles. The first-order valence-corrected chi connectivity index (χ1v) is 9.26. The lowest BCUT2D eigenvalue weighted by atomic mass is 10.1. The Morgan fingerprint density at radius 3 is 2.61 bits per heavy atom. The monoisotopic (exact) mass is 433 g/mol. The SMILES string of the molecule is N#Cc1ccccc1CN1C(=O)S/C(=C\c2cc([N+](=O)[O-])c(Cl)cc2Cl)C1=O. The van der Waals surface area contributed by atoms with Gasteiger partial charge in [-0.2, -0.15) is 5.26 Å². The maximum Gasteiger partial charge on any atom is 0.293 e. The largest absolute Gasteiger partial charge is 0.293 e. The number of nitriles is 1. The second-order valence-corrected chi connectivity index (χ2v) is 7.43. The van der Waals surface area contributed by atoms with Gasteiger partial charge in [0, 0.05) is 16.7 Å². The van der Waals surface area contributed by atoms with Crippen LogP contribution in [0.15, 0.2) is 41.3 Å². The van der Waals surface area contributed by atoms with Crippen molar-refractivity contribution in [3.63, 3.8) is 0 Å². The lowest BCUT2D eigenvalue weighted by molar-refractivity contribution is -0.384. The van der Waals surface area contributed by atoms with Gasteiger partial charge in [0.15, 0.2) is 0 Å². The van der Waals surface area contributed by atoms with E-state index in [1.165, 1.54) is 12.1 Å². The van der Waals surface area contributed by atoms with E-state index in [1.54, 1.807) is 24.3 Å². The van der Waals surface area contributed by atoms with Crippen molar-refractivity contribution in [1.82, 2.24) is 4.90 Å². The highest BCUT2D eigenvalue weighted by Crippen LogP contribution is 2.37. The number of benzene rings is 2. The number of nitro groups is 1. The van der Waals surface area contributed by atoms with Gasteiger partial charge in [-0.25, -0.2) is 0 Å². The predicted octanol–water partition coefficient (Wildman–Crippen LogP) is 5.01. The fraction of sp³-hybridized carbons (Fsp3) is 0.0556. The van der Waals surface area contributed by atoms with E-state index >= 15 is 0 Å². The summed E-state index contributed by atoms with van der Waals surface area (Å²) in [6.45, 7) is -0.0553. The van der Waals surface area contributed by atoms with Gasteiger partial charge in [-0.3, -0.25) is 24.6 Å². The molecule has 2 aromatic carbocycles. The molecular weight excluding hydrogens is 425 g/mol. The number of halogens is 2. The number of nitro benzene ring substituents is 1.